The fraction of sp³-hybridized carbons (Fsp3) is 0.167. The Morgan fingerprint density at radius 2 is 1.94 bits per heavy atom. The summed E-state index contributed by atoms with van der Waals surface area (Å²) in [4.78, 5) is 16.4. The molecule has 0 aliphatic carbocycles. The van der Waals surface area contributed by atoms with Gasteiger partial charge in [-0.3, -0.25) is 0 Å². The van der Waals surface area contributed by atoms with Crippen LogP contribution >= 0.6 is 27.3 Å². The van der Waals surface area contributed by atoms with Crippen molar-refractivity contribution in [1.29, 1.82) is 0 Å². The lowest BCUT2D eigenvalue weighted by molar-refractivity contribution is 0.0607. The summed E-state index contributed by atoms with van der Waals surface area (Å²) in [6, 6.07) is 7.35. The van der Waals surface area contributed by atoms with Crippen molar-refractivity contribution in [1.82, 2.24) is 4.98 Å². The van der Waals surface area contributed by atoms with Gasteiger partial charge in [-0.2, -0.15) is 0 Å². The summed E-state index contributed by atoms with van der Waals surface area (Å²) in [6.45, 7) is 0. The zero-order valence-corrected chi connectivity index (χ0v) is 12.2. The fourth-order valence-electron chi connectivity index (χ4n) is 1.47. The lowest BCUT2D eigenvalue weighted by Crippen LogP contribution is -2.00. The van der Waals surface area contributed by atoms with E-state index in [4.69, 9.17) is 9.47 Å². The van der Waals surface area contributed by atoms with Gasteiger partial charge in [0.25, 0.3) is 0 Å². The number of ether oxygens (including phenoxy) is 2. The standard InChI is InChI=1S/C12H10BrNO3S/c1-16-8-5-3-7(4-6-8)9-10(11(15)17-2)18-12(13)14-9/h3-6H,1-2H3. The summed E-state index contributed by atoms with van der Waals surface area (Å²) < 4.78 is 10.5. The van der Waals surface area contributed by atoms with Gasteiger partial charge in [0.1, 0.15) is 10.6 Å². The van der Waals surface area contributed by atoms with Crippen LogP contribution in [-0.2, 0) is 4.74 Å². The second kappa shape index (κ2) is 5.49. The smallest absolute Gasteiger partial charge is 0.350 e. The van der Waals surface area contributed by atoms with Gasteiger partial charge in [0.05, 0.1) is 19.9 Å². The molecule has 18 heavy (non-hydrogen) atoms. The SMILES string of the molecule is COC(=O)c1sc(Br)nc1-c1ccc(OC)cc1. The number of halogens is 1. The van der Waals surface area contributed by atoms with Crippen LogP contribution in [0.4, 0.5) is 0 Å². The minimum Gasteiger partial charge on any atom is -0.497 e. The van der Waals surface area contributed by atoms with Crippen LogP contribution in [0.15, 0.2) is 28.2 Å². The van der Waals surface area contributed by atoms with E-state index in [1.807, 2.05) is 24.3 Å². The Bertz CT molecular complexity index is 565. The number of thiazole rings is 1. The molecule has 1 heterocycles. The van der Waals surface area contributed by atoms with Crippen molar-refractivity contribution in [3.8, 4) is 17.0 Å². The molecule has 0 fully saturated rings. The van der Waals surface area contributed by atoms with Gasteiger partial charge in [-0.15, -0.1) is 0 Å². The van der Waals surface area contributed by atoms with Gasteiger partial charge >= 0.3 is 5.97 Å². The third-order valence-corrected chi connectivity index (χ3v) is 3.82. The zero-order valence-electron chi connectivity index (χ0n) is 9.77. The van der Waals surface area contributed by atoms with E-state index in [0.29, 0.717) is 14.5 Å². The Balaban J connectivity index is 2.45. The minimum absolute atomic E-state index is 0.385. The van der Waals surface area contributed by atoms with Crippen LogP contribution in [0.5, 0.6) is 5.75 Å². The number of hydrogen-bond acceptors (Lipinski definition) is 5. The first kappa shape index (κ1) is 13.0. The second-order valence-corrected chi connectivity index (χ2v) is 5.64. The molecule has 0 unspecified atom stereocenters. The first-order valence-electron chi connectivity index (χ1n) is 5.04. The third-order valence-electron chi connectivity index (χ3n) is 2.34. The summed E-state index contributed by atoms with van der Waals surface area (Å²) >= 11 is 4.53. The molecule has 0 aliphatic heterocycles. The lowest BCUT2D eigenvalue weighted by Gasteiger charge is -2.03. The Kier molecular flexibility index (Phi) is 3.98. The summed E-state index contributed by atoms with van der Waals surface area (Å²) in [5.41, 5.74) is 1.46. The average molecular weight is 328 g/mol. The van der Waals surface area contributed by atoms with Crippen molar-refractivity contribution in [3.05, 3.63) is 33.1 Å². The van der Waals surface area contributed by atoms with Crippen molar-refractivity contribution >= 4 is 33.2 Å². The molecule has 2 aromatic rings. The molecule has 94 valence electrons. The Morgan fingerprint density at radius 3 is 2.50 bits per heavy atom. The number of rotatable bonds is 3. The molecule has 0 bridgehead atoms. The molecule has 0 saturated carbocycles. The lowest BCUT2D eigenvalue weighted by atomic mass is 10.1. The predicted octanol–water partition coefficient (Wildman–Crippen LogP) is 3.37. The first-order valence-corrected chi connectivity index (χ1v) is 6.65. The fourth-order valence-corrected chi connectivity index (χ4v) is 2.86. The number of benzene rings is 1. The predicted molar refractivity (Wildman–Crippen MR) is 73.1 cm³/mol. The molecule has 0 amide bonds. The number of esters is 1. The van der Waals surface area contributed by atoms with E-state index < -0.39 is 0 Å². The summed E-state index contributed by atoms with van der Waals surface area (Å²) in [5.74, 6) is 0.372. The van der Waals surface area contributed by atoms with E-state index in [9.17, 15) is 4.79 Å². The van der Waals surface area contributed by atoms with Crippen molar-refractivity contribution in [2.45, 2.75) is 0 Å². The molecule has 4 nitrogen and oxygen atoms in total. The molecule has 0 atom stereocenters. The van der Waals surface area contributed by atoms with Gasteiger partial charge < -0.3 is 9.47 Å². The Labute approximate surface area is 117 Å². The van der Waals surface area contributed by atoms with E-state index in [1.54, 1.807) is 7.11 Å². The van der Waals surface area contributed by atoms with Crippen LogP contribution in [0.25, 0.3) is 11.3 Å². The monoisotopic (exact) mass is 327 g/mol. The molecule has 0 aliphatic rings. The number of carbonyl (C=O) groups is 1. The van der Waals surface area contributed by atoms with E-state index >= 15 is 0 Å². The van der Waals surface area contributed by atoms with Gasteiger partial charge in [0.2, 0.25) is 0 Å². The molecule has 0 spiro atoms. The highest BCUT2D eigenvalue weighted by Gasteiger charge is 2.19. The summed E-state index contributed by atoms with van der Waals surface area (Å²) in [7, 11) is 2.96. The van der Waals surface area contributed by atoms with Crippen molar-refractivity contribution < 1.29 is 14.3 Å². The Morgan fingerprint density at radius 1 is 1.28 bits per heavy atom. The molecule has 0 radical (unpaired) electrons. The molecule has 1 aromatic carbocycles. The van der Waals surface area contributed by atoms with Gasteiger partial charge in [-0.1, -0.05) is 11.3 Å². The quantitative estimate of drug-likeness (QED) is 0.811. The minimum atomic E-state index is -0.385. The van der Waals surface area contributed by atoms with Crippen molar-refractivity contribution in [2.24, 2.45) is 0 Å². The maximum absolute atomic E-state index is 11.6. The molecule has 1 aromatic heterocycles. The van der Waals surface area contributed by atoms with Crippen LogP contribution in [0.2, 0.25) is 0 Å². The highest BCUT2D eigenvalue weighted by Crippen LogP contribution is 2.32. The molecular formula is C12H10BrNO3S. The number of nitrogens with zero attached hydrogens (tertiary/aromatic N) is 1. The van der Waals surface area contributed by atoms with E-state index in [1.165, 1.54) is 18.4 Å². The van der Waals surface area contributed by atoms with Gasteiger partial charge in [-0.05, 0) is 40.2 Å². The Hall–Kier alpha value is -1.40. The number of hydrogen-bond donors (Lipinski definition) is 0. The molecular weight excluding hydrogens is 318 g/mol. The van der Waals surface area contributed by atoms with Crippen molar-refractivity contribution in [2.75, 3.05) is 14.2 Å². The highest BCUT2D eigenvalue weighted by atomic mass is 79.9. The highest BCUT2D eigenvalue weighted by molar-refractivity contribution is 9.11. The summed E-state index contributed by atoms with van der Waals surface area (Å²) in [5, 5.41) is 0. The van der Waals surface area contributed by atoms with Gasteiger partial charge in [0, 0.05) is 5.56 Å². The van der Waals surface area contributed by atoms with Gasteiger partial charge in [-0.25, -0.2) is 9.78 Å². The third kappa shape index (κ3) is 2.54. The maximum Gasteiger partial charge on any atom is 0.350 e. The maximum atomic E-state index is 11.6. The van der Waals surface area contributed by atoms with Crippen LogP contribution in [0, 0.1) is 0 Å². The largest absolute Gasteiger partial charge is 0.497 e. The van der Waals surface area contributed by atoms with E-state index in [-0.39, 0.29) is 5.97 Å². The molecule has 2 rings (SSSR count). The number of methoxy groups -OCH3 is 2. The summed E-state index contributed by atoms with van der Waals surface area (Å²) in [6.07, 6.45) is 0. The molecule has 6 heteroatoms. The molecule has 0 saturated heterocycles. The normalized spacial score (nSPS) is 10.2. The van der Waals surface area contributed by atoms with E-state index in [0.717, 1.165) is 11.3 Å². The number of carbonyl (C=O) groups excluding carboxylic acids is 1. The van der Waals surface area contributed by atoms with Crippen LogP contribution in [0.1, 0.15) is 9.67 Å². The van der Waals surface area contributed by atoms with Crippen LogP contribution in [0.3, 0.4) is 0 Å². The zero-order chi connectivity index (χ0) is 13.1. The average Bonchev–Trinajstić information content (AvgIpc) is 2.80. The second-order valence-electron chi connectivity index (χ2n) is 3.36. The van der Waals surface area contributed by atoms with E-state index in [2.05, 4.69) is 20.9 Å². The topological polar surface area (TPSA) is 48.4 Å². The molecule has 0 N–H and O–H groups in total. The van der Waals surface area contributed by atoms with Crippen LogP contribution < -0.4 is 4.74 Å². The van der Waals surface area contributed by atoms with Crippen molar-refractivity contribution in [3.63, 3.8) is 0 Å². The number of aromatic nitrogens is 1. The van der Waals surface area contributed by atoms with Crippen LogP contribution in [-0.4, -0.2) is 25.2 Å². The van der Waals surface area contributed by atoms with Gasteiger partial charge in [0.15, 0.2) is 3.92 Å². The first-order chi connectivity index (χ1) is 8.65.